The number of hydrogen-bond donors (Lipinski definition) is 1. The van der Waals surface area contributed by atoms with E-state index in [-0.39, 0.29) is 18.2 Å². The van der Waals surface area contributed by atoms with Gasteiger partial charge in [0, 0.05) is 13.0 Å². The number of amides is 2. The maximum absolute atomic E-state index is 12.7. The summed E-state index contributed by atoms with van der Waals surface area (Å²) >= 11 is 0. The van der Waals surface area contributed by atoms with Crippen molar-refractivity contribution in [1.82, 2.24) is 0 Å². The van der Waals surface area contributed by atoms with Crippen molar-refractivity contribution in [2.45, 2.75) is 13.3 Å². The molecule has 1 aliphatic heterocycles. The molecule has 1 fully saturated rings. The Morgan fingerprint density at radius 2 is 1.85 bits per heavy atom. The third kappa shape index (κ3) is 3.64. The molecule has 0 radical (unpaired) electrons. The van der Waals surface area contributed by atoms with Gasteiger partial charge in [-0.05, 0) is 31.2 Å². The van der Waals surface area contributed by atoms with Gasteiger partial charge < -0.3 is 19.7 Å². The number of anilines is 2. The molecule has 3 rings (SSSR count). The van der Waals surface area contributed by atoms with E-state index in [1.54, 1.807) is 30.2 Å². The molecule has 2 amide bonds. The van der Waals surface area contributed by atoms with Crippen LogP contribution in [0.5, 0.6) is 11.5 Å². The van der Waals surface area contributed by atoms with E-state index in [9.17, 15) is 9.59 Å². The molecule has 1 saturated heterocycles. The van der Waals surface area contributed by atoms with Crippen LogP contribution in [0.1, 0.15) is 13.3 Å². The molecule has 2 aromatic rings. The second kappa shape index (κ2) is 7.91. The molecule has 6 nitrogen and oxygen atoms in total. The summed E-state index contributed by atoms with van der Waals surface area (Å²) in [6.45, 7) is 2.72. The lowest BCUT2D eigenvalue weighted by Gasteiger charge is -2.19. The molecule has 1 aliphatic rings. The maximum Gasteiger partial charge on any atom is 0.229 e. The fraction of sp³-hybridized carbons (Fsp3) is 0.300. The summed E-state index contributed by atoms with van der Waals surface area (Å²) in [5, 5.41) is 2.88. The van der Waals surface area contributed by atoms with Gasteiger partial charge in [-0.3, -0.25) is 9.59 Å². The molecule has 0 aliphatic carbocycles. The first kappa shape index (κ1) is 17.8. The van der Waals surface area contributed by atoms with Crippen LogP contribution >= 0.6 is 0 Å². The van der Waals surface area contributed by atoms with E-state index in [2.05, 4.69) is 5.32 Å². The van der Waals surface area contributed by atoms with Gasteiger partial charge in [-0.2, -0.15) is 0 Å². The van der Waals surface area contributed by atoms with E-state index >= 15 is 0 Å². The highest BCUT2D eigenvalue weighted by molar-refractivity contribution is 6.04. The van der Waals surface area contributed by atoms with Crippen LogP contribution in [-0.4, -0.2) is 32.1 Å². The fourth-order valence-corrected chi connectivity index (χ4v) is 3.05. The molecule has 2 aromatic carbocycles. The standard InChI is InChI=1S/C20H22N2O4/c1-3-26-17-10-6-4-8-15(17)21-20(24)14-12-19(23)22(13-14)16-9-5-7-11-18(16)25-2/h4-11,14H,3,12-13H2,1-2H3,(H,21,24). The van der Waals surface area contributed by atoms with Gasteiger partial charge in [0.15, 0.2) is 0 Å². The molecule has 0 aromatic heterocycles. The molecule has 1 unspecified atom stereocenters. The van der Waals surface area contributed by atoms with Crippen LogP contribution in [0, 0.1) is 5.92 Å². The lowest BCUT2D eigenvalue weighted by Crippen LogP contribution is -2.28. The van der Waals surface area contributed by atoms with Crippen LogP contribution in [0.15, 0.2) is 48.5 Å². The Morgan fingerprint density at radius 3 is 2.58 bits per heavy atom. The first-order valence-electron chi connectivity index (χ1n) is 8.60. The van der Waals surface area contributed by atoms with Crippen molar-refractivity contribution in [3.8, 4) is 11.5 Å². The number of rotatable bonds is 6. The van der Waals surface area contributed by atoms with Crippen molar-refractivity contribution < 1.29 is 19.1 Å². The van der Waals surface area contributed by atoms with Gasteiger partial charge in [0.25, 0.3) is 0 Å². The Balaban J connectivity index is 1.73. The number of benzene rings is 2. The van der Waals surface area contributed by atoms with Crippen molar-refractivity contribution in [2.75, 3.05) is 30.5 Å². The smallest absolute Gasteiger partial charge is 0.229 e. The van der Waals surface area contributed by atoms with Crippen molar-refractivity contribution in [3.05, 3.63) is 48.5 Å². The van der Waals surface area contributed by atoms with E-state index in [4.69, 9.17) is 9.47 Å². The molecule has 1 heterocycles. The Bertz CT molecular complexity index is 806. The van der Waals surface area contributed by atoms with Crippen molar-refractivity contribution >= 4 is 23.2 Å². The monoisotopic (exact) mass is 354 g/mol. The number of carbonyl (C=O) groups is 2. The van der Waals surface area contributed by atoms with E-state index in [0.717, 1.165) is 0 Å². The number of carbonyl (C=O) groups excluding carboxylic acids is 2. The van der Waals surface area contributed by atoms with Gasteiger partial charge in [-0.1, -0.05) is 24.3 Å². The number of para-hydroxylation sites is 4. The zero-order valence-electron chi connectivity index (χ0n) is 14.9. The summed E-state index contributed by atoms with van der Waals surface area (Å²) < 4.78 is 10.9. The summed E-state index contributed by atoms with van der Waals surface area (Å²) in [6, 6.07) is 14.6. The minimum absolute atomic E-state index is 0.0901. The largest absolute Gasteiger partial charge is 0.495 e. The zero-order chi connectivity index (χ0) is 18.5. The van der Waals surface area contributed by atoms with Gasteiger partial charge in [-0.15, -0.1) is 0 Å². The third-order valence-corrected chi connectivity index (χ3v) is 4.32. The second-order valence-electron chi connectivity index (χ2n) is 6.00. The predicted molar refractivity (Wildman–Crippen MR) is 99.7 cm³/mol. The lowest BCUT2D eigenvalue weighted by molar-refractivity contribution is -0.122. The predicted octanol–water partition coefficient (Wildman–Crippen LogP) is 3.09. The Morgan fingerprint density at radius 1 is 1.15 bits per heavy atom. The van der Waals surface area contributed by atoms with Gasteiger partial charge in [0.1, 0.15) is 11.5 Å². The molecule has 136 valence electrons. The summed E-state index contributed by atoms with van der Waals surface area (Å²) in [4.78, 5) is 26.7. The molecule has 0 saturated carbocycles. The molecule has 0 spiro atoms. The topological polar surface area (TPSA) is 67.9 Å². The number of hydrogen-bond acceptors (Lipinski definition) is 4. The van der Waals surface area contributed by atoms with E-state index in [0.29, 0.717) is 36.0 Å². The average molecular weight is 354 g/mol. The summed E-state index contributed by atoms with van der Waals surface area (Å²) in [5.41, 5.74) is 1.30. The first-order valence-corrected chi connectivity index (χ1v) is 8.60. The van der Waals surface area contributed by atoms with Crippen molar-refractivity contribution in [3.63, 3.8) is 0 Å². The van der Waals surface area contributed by atoms with Crippen LogP contribution in [0.4, 0.5) is 11.4 Å². The summed E-state index contributed by atoms with van der Waals surface area (Å²) in [7, 11) is 1.56. The van der Waals surface area contributed by atoms with Gasteiger partial charge in [0.2, 0.25) is 11.8 Å². The molecular weight excluding hydrogens is 332 g/mol. The van der Waals surface area contributed by atoms with Gasteiger partial charge in [-0.25, -0.2) is 0 Å². The number of methoxy groups -OCH3 is 1. The first-order chi connectivity index (χ1) is 12.6. The van der Waals surface area contributed by atoms with Crippen LogP contribution in [0.2, 0.25) is 0 Å². The normalized spacial score (nSPS) is 16.5. The second-order valence-corrected chi connectivity index (χ2v) is 6.00. The minimum Gasteiger partial charge on any atom is -0.495 e. The van der Waals surface area contributed by atoms with Crippen LogP contribution in [0.3, 0.4) is 0 Å². The van der Waals surface area contributed by atoms with Gasteiger partial charge >= 0.3 is 0 Å². The minimum atomic E-state index is -0.429. The van der Waals surface area contributed by atoms with Crippen molar-refractivity contribution in [2.24, 2.45) is 5.92 Å². The highest BCUT2D eigenvalue weighted by Crippen LogP contribution is 2.33. The molecule has 1 N–H and O–H groups in total. The molecule has 0 bridgehead atoms. The SMILES string of the molecule is CCOc1ccccc1NC(=O)C1CC(=O)N(c2ccccc2OC)C1. The van der Waals surface area contributed by atoms with Crippen molar-refractivity contribution in [1.29, 1.82) is 0 Å². The Hall–Kier alpha value is -3.02. The summed E-state index contributed by atoms with van der Waals surface area (Å²) in [5.74, 6) is 0.524. The van der Waals surface area contributed by atoms with E-state index in [1.807, 2.05) is 37.3 Å². The van der Waals surface area contributed by atoms with E-state index in [1.165, 1.54) is 0 Å². The highest BCUT2D eigenvalue weighted by Gasteiger charge is 2.36. The Kier molecular flexibility index (Phi) is 5.41. The number of nitrogens with one attached hydrogen (secondary N) is 1. The van der Waals surface area contributed by atoms with Gasteiger partial charge in [0.05, 0.1) is 31.0 Å². The average Bonchev–Trinajstić information content (AvgIpc) is 3.05. The quantitative estimate of drug-likeness (QED) is 0.866. The summed E-state index contributed by atoms with van der Waals surface area (Å²) in [6.07, 6.45) is 0.167. The third-order valence-electron chi connectivity index (χ3n) is 4.32. The highest BCUT2D eigenvalue weighted by atomic mass is 16.5. The fourth-order valence-electron chi connectivity index (χ4n) is 3.05. The molecule has 1 atom stereocenters. The Labute approximate surface area is 152 Å². The number of nitrogens with zero attached hydrogens (tertiary/aromatic N) is 1. The molecule has 26 heavy (non-hydrogen) atoms. The maximum atomic E-state index is 12.7. The molecular formula is C20H22N2O4. The van der Waals surface area contributed by atoms with Crippen LogP contribution in [0.25, 0.3) is 0 Å². The zero-order valence-corrected chi connectivity index (χ0v) is 14.9. The van der Waals surface area contributed by atoms with Crippen LogP contribution < -0.4 is 19.7 Å². The molecule has 6 heteroatoms. The lowest BCUT2D eigenvalue weighted by atomic mass is 10.1. The van der Waals surface area contributed by atoms with E-state index < -0.39 is 5.92 Å². The van der Waals surface area contributed by atoms with Crippen LogP contribution in [-0.2, 0) is 9.59 Å². The number of ether oxygens (including phenoxy) is 2.